The number of piperidine rings is 2. The Morgan fingerprint density at radius 1 is 1.06 bits per heavy atom. The largest absolute Gasteiger partial charge is 0.362 e. The number of aryl methyl sites for hydroxylation is 2. The molecule has 2 bridgehead atoms. The molecule has 0 amide bonds. The number of nitrogens with zero attached hydrogens (tertiary/aromatic N) is 5. The summed E-state index contributed by atoms with van der Waals surface area (Å²) < 4.78 is 26.0. The highest BCUT2D eigenvalue weighted by Gasteiger charge is 2.40. The number of piperazine rings is 1. The van der Waals surface area contributed by atoms with Crippen LogP contribution in [0.2, 0.25) is 0 Å². The zero-order valence-corrected chi connectivity index (χ0v) is 20.2. The van der Waals surface area contributed by atoms with Gasteiger partial charge in [-0.25, -0.2) is 13.8 Å². The van der Waals surface area contributed by atoms with Gasteiger partial charge >= 0.3 is 0 Å². The molecule has 6 nitrogen and oxygen atoms in total. The average molecular weight is 467 g/mol. The van der Waals surface area contributed by atoms with Crippen molar-refractivity contribution in [1.82, 2.24) is 20.1 Å². The molecule has 1 N–H and O–H groups in total. The van der Waals surface area contributed by atoms with Crippen molar-refractivity contribution in [2.24, 2.45) is 0 Å². The van der Waals surface area contributed by atoms with E-state index in [1.54, 1.807) is 0 Å². The minimum Gasteiger partial charge on any atom is -0.362 e. The van der Waals surface area contributed by atoms with E-state index < -0.39 is 6.43 Å². The monoisotopic (exact) mass is 466 g/mol. The lowest BCUT2D eigenvalue weighted by Gasteiger charge is -2.52. The molecule has 3 fully saturated rings. The van der Waals surface area contributed by atoms with Gasteiger partial charge in [-0.3, -0.25) is 4.90 Å². The number of nitrogens with one attached hydrogen (secondary N) is 1. The molecular formula is C26H32F2N6. The van der Waals surface area contributed by atoms with Crippen molar-refractivity contribution in [1.29, 1.82) is 0 Å². The summed E-state index contributed by atoms with van der Waals surface area (Å²) in [7, 11) is 0. The summed E-state index contributed by atoms with van der Waals surface area (Å²) >= 11 is 0. The fourth-order valence-electron chi connectivity index (χ4n) is 5.55. The molecule has 0 saturated carbocycles. The SMILES string of the molecule is Cc1cccc([C@@H](C)Nc2nnc(C)c3cnc(N4C[C@H]5CC[C@@H]4CN5CC(F)F)cc23)c1C. The Morgan fingerprint density at radius 2 is 1.85 bits per heavy atom. The van der Waals surface area contributed by atoms with Crippen LogP contribution in [0.25, 0.3) is 10.8 Å². The van der Waals surface area contributed by atoms with Crippen molar-refractivity contribution >= 4 is 22.4 Å². The summed E-state index contributed by atoms with van der Waals surface area (Å²) in [4.78, 5) is 9.01. The number of hydrogen-bond donors (Lipinski definition) is 1. The van der Waals surface area contributed by atoms with Gasteiger partial charge in [0.2, 0.25) is 0 Å². The second kappa shape index (κ2) is 9.06. The lowest BCUT2D eigenvalue weighted by Crippen LogP contribution is -2.63. The molecule has 2 aromatic heterocycles. The van der Waals surface area contributed by atoms with E-state index in [-0.39, 0.29) is 24.7 Å². The molecule has 3 atom stereocenters. The number of pyridine rings is 1. The van der Waals surface area contributed by atoms with Crippen LogP contribution in [0.5, 0.6) is 0 Å². The number of halogens is 2. The molecule has 6 rings (SSSR count). The van der Waals surface area contributed by atoms with Crippen LogP contribution < -0.4 is 10.2 Å². The zero-order valence-electron chi connectivity index (χ0n) is 20.2. The van der Waals surface area contributed by atoms with Crippen molar-refractivity contribution in [3.8, 4) is 0 Å². The standard InChI is InChI=1S/C26H32F2N6/c1-15-6-5-7-21(16(15)2)17(3)30-26-22-10-25(29-11-23(22)18(4)31-32-26)34-13-19-8-9-20(34)12-33(19)14-24(27)28/h5-7,10-11,17,19-20,24H,8-9,12-14H2,1-4H3,(H,30,32)/t17-,19-,20-/m1/s1. The number of rotatable bonds is 6. The van der Waals surface area contributed by atoms with Crippen molar-refractivity contribution in [2.45, 2.75) is 65.1 Å². The number of anilines is 2. The zero-order chi connectivity index (χ0) is 24.0. The van der Waals surface area contributed by atoms with E-state index in [0.29, 0.717) is 6.54 Å². The van der Waals surface area contributed by atoms with Gasteiger partial charge in [0.1, 0.15) is 5.82 Å². The van der Waals surface area contributed by atoms with E-state index in [4.69, 9.17) is 4.98 Å². The first kappa shape index (κ1) is 22.9. The topological polar surface area (TPSA) is 57.2 Å². The molecule has 0 radical (unpaired) electrons. The molecule has 8 heteroatoms. The third kappa shape index (κ3) is 4.19. The van der Waals surface area contributed by atoms with Crippen LogP contribution in [0.15, 0.2) is 30.5 Å². The van der Waals surface area contributed by atoms with Crippen molar-refractivity contribution in [3.63, 3.8) is 0 Å². The van der Waals surface area contributed by atoms with Gasteiger partial charge < -0.3 is 10.2 Å². The Balaban J connectivity index is 1.45. The van der Waals surface area contributed by atoms with Crippen molar-refractivity contribution in [2.75, 3.05) is 29.9 Å². The van der Waals surface area contributed by atoms with Crippen LogP contribution in [-0.2, 0) is 0 Å². The second-order valence-corrected chi connectivity index (χ2v) is 9.76. The summed E-state index contributed by atoms with van der Waals surface area (Å²) in [5.74, 6) is 1.62. The Kier molecular flexibility index (Phi) is 6.10. The first-order chi connectivity index (χ1) is 16.3. The fraction of sp³-hybridized carbons (Fsp3) is 0.500. The molecule has 3 aliphatic heterocycles. The smallest absolute Gasteiger partial charge is 0.251 e. The Hall–Kier alpha value is -2.87. The first-order valence-corrected chi connectivity index (χ1v) is 12.1. The van der Waals surface area contributed by atoms with Gasteiger partial charge in [0.05, 0.1) is 18.3 Å². The van der Waals surface area contributed by atoms with Gasteiger partial charge in [0, 0.05) is 42.1 Å². The number of hydrogen-bond acceptors (Lipinski definition) is 6. The molecule has 0 aliphatic carbocycles. The summed E-state index contributed by atoms with van der Waals surface area (Å²) in [5.41, 5.74) is 4.60. The third-order valence-electron chi connectivity index (χ3n) is 7.61. The Labute approximate surface area is 199 Å². The predicted molar refractivity (Wildman–Crippen MR) is 132 cm³/mol. The minimum atomic E-state index is -2.29. The molecule has 5 heterocycles. The molecule has 0 unspecified atom stereocenters. The quantitative estimate of drug-likeness (QED) is 0.549. The summed E-state index contributed by atoms with van der Waals surface area (Å²) in [6.07, 6.45) is 1.56. The van der Waals surface area contributed by atoms with Crippen LogP contribution >= 0.6 is 0 Å². The van der Waals surface area contributed by atoms with Gasteiger partial charge in [0.25, 0.3) is 6.43 Å². The summed E-state index contributed by atoms with van der Waals surface area (Å²) in [6, 6.07) is 8.86. The maximum atomic E-state index is 13.0. The van der Waals surface area contributed by atoms with Gasteiger partial charge in [-0.05, 0) is 63.3 Å². The van der Waals surface area contributed by atoms with Crippen LogP contribution in [-0.4, -0.2) is 58.2 Å². The van der Waals surface area contributed by atoms with Crippen molar-refractivity contribution in [3.05, 3.63) is 52.8 Å². The molecule has 3 saturated heterocycles. The lowest BCUT2D eigenvalue weighted by atomic mass is 9.90. The number of alkyl halides is 2. The van der Waals surface area contributed by atoms with Gasteiger partial charge in [0.15, 0.2) is 5.82 Å². The van der Waals surface area contributed by atoms with Crippen LogP contribution in [0, 0.1) is 20.8 Å². The van der Waals surface area contributed by atoms with E-state index in [1.807, 2.05) is 18.0 Å². The molecular weight excluding hydrogens is 434 g/mol. The average Bonchev–Trinajstić information content (AvgIpc) is 2.82. The van der Waals surface area contributed by atoms with Crippen molar-refractivity contribution < 1.29 is 8.78 Å². The van der Waals surface area contributed by atoms with E-state index >= 15 is 0 Å². The van der Waals surface area contributed by atoms with E-state index in [1.165, 1.54) is 16.7 Å². The third-order valence-corrected chi connectivity index (χ3v) is 7.61. The number of fused-ring (bicyclic) bond motifs is 4. The van der Waals surface area contributed by atoms with E-state index in [2.05, 4.69) is 65.5 Å². The fourth-order valence-corrected chi connectivity index (χ4v) is 5.55. The molecule has 3 aromatic rings. The van der Waals surface area contributed by atoms with Crippen LogP contribution in [0.3, 0.4) is 0 Å². The molecule has 0 spiro atoms. The van der Waals surface area contributed by atoms with E-state index in [9.17, 15) is 8.78 Å². The molecule has 180 valence electrons. The Morgan fingerprint density at radius 3 is 2.59 bits per heavy atom. The highest BCUT2D eigenvalue weighted by atomic mass is 19.3. The maximum absolute atomic E-state index is 13.0. The number of aromatic nitrogens is 3. The summed E-state index contributed by atoms with van der Waals surface area (Å²) in [5, 5.41) is 14.4. The van der Waals surface area contributed by atoms with Crippen LogP contribution in [0.1, 0.15) is 48.2 Å². The Bertz CT molecular complexity index is 1200. The maximum Gasteiger partial charge on any atom is 0.251 e. The van der Waals surface area contributed by atoms with Gasteiger partial charge in [-0.1, -0.05) is 18.2 Å². The molecule has 34 heavy (non-hydrogen) atoms. The van der Waals surface area contributed by atoms with E-state index in [0.717, 1.165) is 47.5 Å². The predicted octanol–water partition coefficient (Wildman–Crippen LogP) is 5.04. The highest BCUT2D eigenvalue weighted by molar-refractivity contribution is 5.94. The lowest BCUT2D eigenvalue weighted by molar-refractivity contribution is 0.0272. The normalized spacial score (nSPS) is 21.4. The molecule has 3 aliphatic rings. The first-order valence-electron chi connectivity index (χ1n) is 12.1. The second-order valence-electron chi connectivity index (χ2n) is 9.76. The van der Waals surface area contributed by atoms with Crippen LogP contribution in [0.4, 0.5) is 20.4 Å². The minimum absolute atomic E-state index is 0.0608. The molecule has 1 aromatic carbocycles. The van der Waals surface area contributed by atoms with Gasteiger partial charge in [-0.15, -0.1) is 5.10 Å². The highest BCUT2D eigenvalue weighted by Crippen LogP contribution is 2.35. The number of benzene rings is 1. The van der Waals surface area contributed by atoms with Gasteiger partial charge in [-0.2, -0.15) is 5.10 Å². The summed E-state index contributed by atoms with van der Waals surface area (Å²) in [6.45, 7) is 9.61.